The summed E-state index contributed by atoms with van der Waals surface area (Å²) in [5.74, 6) is 0.362. The predicted molar refractivity (Wildman–Crippen MR) is 103 cm³/mol. The fourth-order valence-corrected chi connectivity index (χ4v) is 4.17. The fraction of sp³-hybridized carbons (Fsp3) is 0.455. The van der Waals surface area contributed by atoms with Gasteiger partial charge < -0.3 is 4.90 Å². The molecule has 25 heavy (non-hydrogen) atoms. The van der Waals surface area contributed by atoms with Gasteiger partial charge in [-0.15, -0.1) is 0 Å². The molecular weight excluding hydrogens is 308 g/mol. The van der Waals surface area contributed by atoms with E-state index in [-0.39, 0.29) is 6.10 Å². The van der Waals surface area contributed by atoms with Gasteiger partial charge in [0.25, 0.3) is 0 Å². The Hall–Kier alpha value is -1.84. The predicted octanol–water partition coefficient (Wildman–Crippen LogP) is 4.90. The van der Waals surface area contributed by atoms with Crippen LogP contribution in [0, 0.1) is 0 Å². The summed E-state index contributed by atoms with van der Waals surface area (Å²) in [4.78, 5) is 8.99. The summed E-state index contributed by atoms with van der Waals surface area (Å²) in [6, 6.07) is 18.5. The zero-order valence-corrected chi connectivity index (χ0v) is 15.6. The van der Waals surface area contributed by atoms with Gasteiger partial charge in [-0.1, -0.05) is 42.5 Å². The molecule has 2 unspecified atom stereocenters. The molecule has 2 aromatic rings. The molecule has 2 aromatic carbocycles. The molecule has 3 heteroatoms. The van der Waals surface area contributed by atoms with Crippen LogP contribution in [0.2, 0.25) is 0 Å². The van der Waals surface area contributed by atoms with Gasteiger partial charge in [-0.05, 0) is 50.5 Å². The molecule has 2 aliphatic heterocycles. The Morgan fingerprint density at radius 1 is 0.880 bits per heavy atom. The Morgan fingerprint density at radius 2 is 1.56 bits per heavy atom. The third-order valence-corrected chi connectivity index (χ3v) is 5.54. The van der Waals surface area contributed by atoms with Crippen molar-refractivity contribution in [1.29, 1.82) is 0 Å². The minimum absolute atomic E-state index is 0.106. The fourth-order valence-electron chi connectivity index (χ4n) is 4.17. The van der Waals surface area contributed by atoms with Crippen LogP contribution < -0.4 is 4.90 Å². The largest absolute Gasteiger partial charge is 0.365 e. The van der Waals surface area contributed by atoms with E-state index in [1.807, 2.05) is 0 Å². The van der Waals surface area contributed by atoms with Crippen LogP contribution >= 0.6 is 0 Å². The molecule has 3 nitrogen and oxygen atoms in total. The second-order valence-electron chi connectivity index (χ2n) is 7.81. The van der Waals surface area contributed by atoms with Crippen LogP contribution in [0.3, 0.4) is 0 Å². The van der Waals surface area contributed by atoms with E-state index in [0.29, 0.717) is 18.0 Å². The van der Waals surface area contributed by atoms with Crippen molar-refractivity contribution < 1.29 is 4.84 Å². The SMILES string of the molecule is CC(C)N1CC2c3ccccc3N(C(C)C)Cc3ccccc3C2O1. The number of rotatable bonds is 2. The molecule has 0 radical (unpaired) electrons. The Bertz CT molecular complexity index is 755. The molecule has 132 valence electrons. The second-order valence-corrected chi connectivity index (χ2v) is 7.81. The molecule has 1 fully saturated rings. The number of para-hydroxylation sites is 1. The molecule has 0 bridgehead atoms. The maximum Gasteiger partial charge on any atom is 0.113 e. The lowest BCUT2D eigenvalue weighted by Gasteiger charge is -2.36. The van der Waals surface area contributed by atoms with E-state index in [9.17, 15) is 0 Å². The van der Waals surface area contributed by atoms with Crippen LogP contribution in [-0.4, -0.2) is 23.7 Å². The van der Waals surface area contributed by atoms with Gasteiger partial charge in [0.05, 0.1) is 0 Å². The molecule has 2 aliphatic rings. The van der Waals surface area contributed by atoms with E-state index >= 15 is 0 Å². The Morgan fingerprint density at radius 3 is 2.28 bits per heavy atom. The molecule has 4 rings (SSSR count). The van der Waals surface area contributed by atoms with Gasteiger partial charge in [-0.2, -0.15) is 5.06 Å². The highest BCUT2D eigenvalue weighted by Crippen LogP contribution is 2.47. The number of benzene rings is 2. The van der Waals surface area contributed by atoms with Crippen molar-refractivity contribution in [3.63, 3.8) is 0 Å². The maximum absolute atomic E-state index is 6.46. The molecule has 1 saturated heterocycles. The minimum atomic E-state index is 0.106. The first-order valence-electron chi connectivity index (χ1n) is 9.43. The molecule has 2 atom stereocenters. The van der Waals surface area contributed by atoms with Gasteiger partial charge in [-0.3, -0.25) is 4.84 Å². The Labute approximate surface area is 151 Å². The van der Waals surface area contributed by atoms with E-state index in [2.05, 4.69) is 86.2 Å². The summed E-state index contributed by atoms with van der Waals surface area (Å²) in [5, 5.41) is 2.16. The van der Waals surface area contributed by atoms with Crippen LogP contribution in [0.15, 0.2) is 48.5 Å². The third kappa shape index (κ3) is 2.86. The van der Waals surface area contributed by atoms with Crippen LogP contribution in [0.4, 0.5) is 5.69 Å². The van der Waals surface area contributed by atoms with Crippen molar-refractivity contribution >= 4 is 5.69 Å². The van der Waals surface area contributed by atoms with Crippen molar-refractivity contribution in [2.75, 3.05) is 11.4 Å². The zero-order chi connectivity index (χ0) is 17.6. The molecule has 2 heterocycles. The highest BCUT2D eigenvalue weighted by atomic mass is 16.7. The van der Waals surface area contributed by atoms with Crippen LogP contribution in [0.5, 0.6) is 0 Å². The van der Waals surface area contributed by atoms with E-state index in [1.165, 1.54) is 22.4 Å². The molecule has 0 aromatic heterocycles. The van der Waals surface area contributed by atoms with Crippen molar-refractivity contribution in [3.8, 4) is 0 Å². The van der Waals surface area contributed by atoms with E-state index in [1.54, 1.807) is 0 Å². The maximum atomic E-state index is 6.46. The standard InChI is InChI=1S/C22H28N2O/c1-15(2)23-13-17-9-5-6-10-18(17)22-20(14-24(25-22)16(3)4)19-11-7-8-12-21(19)23/h5-12,15-16,20,22H,13-14H2,1-4H3. The van der Waals surface area contributed by atoms with E-state index < -0.39 is 0 Å². The monoisotopic (exact) mass is 336 g/mol. The minimum Gasteiger partial charge on any atom is -0.365 e. The van der Waals surface area contributed by atoms with Gasteiger partial charge in [0.1, 0.15) is 6.10 Å². The van der Waals surface area contributed by atoms with Crippen LogP contribution in [0.1, 0.15) is 56.4 Å². The Balaban J connectivity index is 1.89. The molecule has 0 saturated carbocycles. The smallest absolute Gasteiger partial charge is 0.113 e. The van der Waals surface area contributed by atoms with Gasteiger partial charge >= 0.3 is 0 Å². The lowest BCUT2D eigenvalue weighted by molar-refractivity contribution is -0.167. The quantitative estimate of drug-likeness (QED) is 0.776. The molecule has 0 N–H and O–H groups in total. The first-order valence-corrected chi connectivity index (χ1v) is 9.43. The summed E-state index contributed by atoms with van der Waals surface area (Å²) in [7, 11) is 0. The summed E-state index contributed by atoms with van der Waals surface area (Å²) < 4.78 is 0. The summed E-state index contributed by atoms with van der Waals surface area (Å²) >= 11 is 0. The molecular formula is C22H28N2O. The second kappa shape index (κ2) is 6.47. The Kier molecular flexibility index (Phi) is 4.30. The van der Waals surface area contributed by atoms with Gasteiger partial charge in [0.2, 0.25) is 0 Å². The number of hydroxylamine groups is 2. The van der Waals surface area contributed by atoms with Crippen molar-refractivity contribution in [2.24, 2.45) is 0 Å². The highest BCUT2D eigenvalue weighted by molar-refractivity contribution is 5.59. The van der Waals surface area contributed by atoms with Gasteiger partial charge in [0, 0.05) is 36.8 Å². The third-order valence-electron chi connectivity index (χ3n) is 5.54. The molecule has 0 aliphatic carbocycles. The lowest BCUT2D eigenvalue weighted by atomic mass is 9.84. The topological polar surface area (TPSA) is 15.7 Å². The van der Waals surface area contributed by atoms with Crippen LogP contribution in [0.25, 0.3) is 0 Å². The van der Waals surface area contributed by atoms with Crippen LogP contribution in [-0.2, 0) is 11.4 Å². The highest BCUT2D eigenvalue weighted by Gasteiger charge is 2.41. The zero-order valence-electron chi connectivity index (χ0n) is 15.6. The normalized spacial score (nSPS) is 23.2. The number of fused-ring (bicyclic) bond motifs is 5. The average molecular weight is 336 g/mol. The summed E-state index contributed by atoms with van der Waals surface area (Å²) in [6.45, 7) is 10.8. The number of anilines is 1. The average Bonchev–Trinajstić information content (AvgIpc) is 3.03. The van der Waals surface area contributed by atoms with E-state index in [4.69, 9.17) is 4.84 Å². The summed E-state index contributed by atoms with van der Waals surface area (Å²) in [5.41, 5.74) is 5.50. The number of hydrogen-bond donors (Lipinski definition) is 0. The van der Waals surface area contributed by atoms with Crippen molar-refractivity contribution in [1.82, 2.24) is 5.06 Å². The van der Waals surface area contributed by atoms with Gasteiger partial charge in [-0.25, -0.2) is 0 Å². The lowest BCUT2D eigenvalue weighted by Crippen LogP contribution is -2.33. The van der Waals surface area contributed by atoms with Gasteiger partial charge in [0.15, 0.2) is 0 Å². The first kappa shape index (κ1) is 16.6. The molecule has 0 amide bonds. The number of hydrogen-bond acceptors (Lipinski definition) is 3. The summed E-state index contributed by atoms with van der Waals surface area (Å²) in [6.07, 6.45) is 0.106. The molecule has 0 spiro atoms. The first-order chi connectivity index (χ1) is 12.1. The van der Waals surface area contributed by atoms with E-state index in [0.717, 1.165) is 13.1 Å². The number of nitrogens with zero attached hydrogens (tertiary/aromatic N) is 2. The van der Waals surface area contributed by atoms with Crippen molar-refractivity contribution in [2.45, 2.75) is 58.3 Å². The van der Waals surface area contributed by atoms with Crippen molar-refractivity contribution in [3.05, 3.63) is 65.2 Å².